The lowest BCUT2D eigenvalue weighted by Gasteiger charge is -2.40. The van der Waals surface area contributed by atoms with E-state index in [0.717, 1.165) is 25.7 Å². The lowest BCUT2D eigenvalue weighted by molar-refractivity contribution is 0.0878. The van der Waals surface area contributed by atoms with Crippen LogP contribution >= 0.6 is 0 Å². The number of carbonyl (C=O) groups is 4. The fourth-order valence-electron chi connectivity index (χ4n) is 4.73. The van der Waals surface area contributed by atoms with E-state index in [4.69, 9.17) is 0 Å². The lowest BCUT2D eigenvalue weighted by Crippen LogP contribution is -2.51. The van der Waals surface area contributed by atoms with Crippen molar-refractivity contribution in [2.24, 2.45) is 5.92 Å². The van der Waals surface area contributed by atoms with Gasteiger partial charge in [0.25, 0.3) is 11.8 Å². The number of fused-ring (bicyclic) bond motifs is 1. The third kappa shape index (κ3) is 6.33. The number of hydrogen-bond acceptors (Lipinski definition) is 5. The number of hydrogen-bond donors (Lipinski definition) is 2. The van der Waals surface area contributed by atoms with E-state index in [1.54, 1.807) is 0 Å². The molecule has 0 radical (unpaired) electrons. The van der Waals surface area contributed by atoms with Crippen molar-refractivity contribution in [2.45, 2.75) is 91.6 Å². The molecule has 1 aromatic rings. The molecule has 6 nitrogen and oxygen atoms in total. The molecule has 2 unspecified atom stereocenters. The first kappa shape index (κ1) is 24.9. The predicted octanol–water partition coefficient (Wildman–Crippen LogP) is 4.71. The maximum atomic E-state index is 12.8. The molecule has 1 aromatic carbocycles. The Kier molecular flexibility index (Phi) is 8.29. The standard InChI is InChI=1S/C22H28N2O4.C3H8/c1-12-8-14(11-22(3,4)24-12)6-5-7-19(26)16-10-18-17(9-15(16)13(2)25)20(27)23-21(18)28;1-3-2/h9-10,12,14,24H,5-8,11H2,1-4H3,(H,23,27,28);3H2,1-2H3. The van der Waals surface area contributed by atoms with Crippen LogP contribution in [0.1, 0.15) is 121 Å². The first-order valence-electron chi connectivity index (χ1n) is 11.3. The van der Waals surface area contributed by atoms with E-state index in [1.807, 2.05) is 0 Å². The smallest absolute Gasteiger partial charge is 0.258 e. The zero-order chi connectivity index (χ0) is 23.3. The van der Waals surface area contributed by atoms with Gasteiger partial charge in [0.05, 0.1) is 11.1 Å². The van der Waals surface area contributed by atoms with Gasteiger partial charge in [-0.2, -0.15) is 0 Å². The number of carbonyl (C=O) groups excluding carboxylic acids is 4. The Labute approximate surface area is 185 Å². The highest BCUT2D eigenvalue weighted by atomic mass is 16.2. The molecule has 6 heteroatoms. The van der Waals surface area contributed by atoms with Crippen LogP contribution in [0.3, 0.4) is 0 Å². The molecule has 0 spiro atoms. The van der Waals surface area contributed by atoms with E-state index >= 15 is 0 Å². The monoisotopic (exact) mass is 428 g/mol. The quantitative estimate of drug-likeness (QED) is 0.506. The fraction of sp³-hybridized carbons (Fsp3) is 0.600. The van der Waals surface area contributed by atoms with Gasteiger partial charge in [0.1, 0.15) is 0 Å². The minimum absolute atomic E-state index is 0.105. The number of ketones is 2. The van der Waals surface area contributed by atoms with Crippen LogP contribution in [0.4, 0.5) is 0 Å². The van der Waals surface area contributed by atoms with Gasteiger partial charge in [-0.1, -0.05) is 20.3 Å². The van der Waals surface area contributed by atoms with Gasteiger partial charge in [-0.05, 0) is 71.4 Å². The summed E-state index contributed by atoms with van der Waals surface area (Å²) in [5.41, 5.74) is 0.902. The van der Waals surface area contributed by atoms with Gasteiger partial charge < -0.3 is 5.32 Å². The van der Waals surface area contributed by atoms with Gasteiger partial charge in [-0.3, -0.25) is 24.5 Å². The molecule has 0 bridgehead atoms. The molecular weight excluding hydrogens is 392 g/mol. The van der Waals surface area contributed by atoms with Crippen molar-refractivity contribution < 1.29 is 19.2 Å². The molecule has 2 atom stereocenters. The second-order valence-corrected chi connectivity index (χ2v) is 9.54. The molecule has 1 fully saturated rings. The van der Waals surface area contributed by atoms with Crippen LogP contribution in [-0.4, -0.2) is 35.0 Å². The molecule has 170 valence electrons. The van der Waals surface area contributed by atoms with Gasteiger partial charge in [-0.15, -0.1) is 0 Å². The number of nitrogens with one attached hydrogen (secondary N) is 2. The Bertz CT molecular complexity index is 873. The molecule has 31 heavy (non-hydrogen) atoms. The summed E-state index contributed by atoms with van der Waals surface area (Å²) in [5.74, 6) is -0.914. The molecule has 0 saturated carbocycles. The van der Waals surface area contributed by atoms with E-state index in [0.29, 0.717) is 18.4 Å². The second kappa shape index (κ2) is 10.3. The van der Waals surface area contributed by atoms with E-state index in [2.05, 4.69) is 45.3 Å². The van der Waals surface area contributed by atoms with Crippen LogP contribution < -0.4 is 10.6 Å². The van der Waals surface area contributed by atoms with E-state index in [9.17, 15) is 19.2 Å². The minimum Gasteiger partial charge on any atom is -0.309 e. The van der Waals surface area contributed by atoms with Crippen molar-refractivity contribution in [3.63, 3.8) is 0 Å². The van der Waals surface area contributed by atoms with Gasteiger partial charge in [0.15, 0.2) is 11.6 Å². The summed E-state index contributed by atoms with van der Waals surface area (Å²) in [6.07, 6.45) is 5.45. The van der Waals surface area contributed by atoms with Crippen molar-refractivity contribution in [2.75, 3.05) is 0 Å². The normalized spacial score (nSPS) is 21.6. The zero-order valence-corrected chi connectivity index (χ0v) is 19.7. The van der Waals surface area contributed by atoms with Crippen LogP contribution in [0.15, 0.2) is 12.1 Å². The first-order chi connectivity index (χ1) is 14.5. The molecule has 3 rings (SSSR count). The van der Waals surface area contributed by atoms with Gasteiger partial charge in [0.2, 0.25) is 0 Å². The third-order valence-electron chi connectivity index (χ3n) is 5.69. The van der Waals surface area contributed by atoms with Crippen LogP contribution in [-0.2, 0) is 0 Å². The molecule has 2 aliphatic rings. The summed E-state index contributed by atoms with van der Waals surface area (Å²) in [6, 6.07) is 3.24. The van der Waals surface area contributed by atoms with E-state index < -0.39 is 11.8 Å². The molecule has 0 aromatic heterocycles. The summed E-state index contributed by atoms with van der Waals surface area (Å²) < 4.78 is 0. The Morgan fingerprint density at radius 3 is 2.13 bits per heavy atom. The summed E-state index contributed by atoms with van der Waals surface area (Å²) in [4.78, 5) is 48.6. The van der Waals surface area contributed by atoms with Crippen molar-refractivity contribution in [1.29, 1.82) is 0 Å². The number of imide groups is 1. The van der Waals surface area contributed by atoms with Crippen molar-refractivity contribution in [3.8, 4) is 0 Å². The highest BCUT2D eigenvalue weighted by Crippen LogP contribution is 2.31. The van der Waals surface area contributed by atoms with E-state index in [1.165, 1.54) is 25.5 Å². The first-order valence-corrected chi connectivity index (χ1v) is 11.3. The van der Waals surface area contributed by atoms with Crippen LogP contribution in [0, 0.1) is 5.92 Å². The number of amides is 2. The number of piperidine rings is 1. The summed E-state index contributed by atoms with van der Waals surface area (Å²) >= 11 is 0. The molecular formula is C25H36N2O4. The SMILES string of the molecule is CC(=O)c1cc2c(cc1C(=O)CCCC1CC(C)NC(C)(C)C1)C(=O)NC2=O.CCC. The summed E-state index contributed by atoms with van der Waals surface area (Å²) in [7, 11) is 0. The number of Topliss-reactive ketones (excluding diaryl/α,β-unsaturated/α-hetero) is 2. The fourth-order valence-corrected chi connectivity index (χ4v) is 4.73. The topological polar surface area (TPSA) is 92.3 Å². The Morgan fingerprint density at radius 1 is 1.06 bits per heavy atom. The average molecular weight is 429 g/mol. The zero-order valence-electron chi connectivity index (χ0n) is 19.7. The molecule has 1 saturated heterocycles. The molecule has 2 aliphatic heterocycles. The van der Waals surface area contributed by atoms with Crippen molar-refractivity contribution in [1.82, 2.24) is 10.6 Å². The maximum Gasteiger partial charge on any atom is 0.258 e. The number of rotatable bonds is 6. The molecule has 2 heterocycles. The van der Waals surface area contributed by atoms with Crippen molar-refractivity contribution in [3.05, 3.63) is 34.4 Å². The van der Waals surface area contributed by atoms with Crippen LogP contribution in [0.5, 0.6) is 0 Å². The minimum atomic E-state index is -0.524. The maximum absolute atomic E-state index is 12.8. The molecule has 2 N–H and O–H groups in total. The second-order valence-electron chi connectivity index (χ2n) is 9.54. The van der Waals surface area contributed by atoms with Crippen LogP contribution in [0.2, 0.25) is 0 Å². The Balaban J connectivity index is 0.00000107. The van der Waals surface area contributed by atoms with Crippen molar-refractivity contribution >= 4 is 23.4 Å². The largest absolute Gasteiger partial charge is 0.309 e. The van der Waals surface area contributed by atoms with Gasteiger partial charge in [0, 0.05) is 29.1 Å². The summed E-state index contributed by atoms with van der Waals surface area (Å²) in [6.45, 7) is 12.2. The van der Waals surface area contributed by atoms with Gasteiger partial charge >= 0.3 is 0 Å². The Morgan fingerprint density at radius 2 is 1.61 bits per heavy atom. The summed E-state index contributed by atoms with van der Waals surface area (Å²) in [5, 5.41) is 5.80. The predicted molar refractivity (Wildman–Crippen MR) is 122 cm³/mol. The number of benzene rings is 1. The highest BCUT2D eigenvalue weighted by molar-refractivity contribution is 6.23. The van der Waals surface area contributed by atoms with Gasteiger partial charge in [-0.25, -0.2) is 0 Å². The van der Waals surface area contributed by atoms with Crippen LogP contribution in [0.25, 0.3) is 0 Å². The highest BCUT2D eigenvalue weighted by Gasteiger charge is 2.32. The lowest BCUT2D eigenvalue weighted by atomic mass is 9.79. The average Bonchev–Trinajstić information content (AvgIpc) is 2.93. The third-order valence-corrected chi connectivity index (χ3v) is 5.69. The Hall–Kier alpha value is -2.34. The molecule has 2 amide bonds. The molecule has 0 aliphatic carbocycles. The van der Waals surface area contributed by atoms with E-state index in [-0.39, 0.29) is 39.4 Å².